The summed E-state index contributed by atoms with van der Waals surface area (Å²) in [6.45, 7) is 5.16. The standard InChI is InChI=1S/C13H18ClNO/c1-9(2)15-12-7-8-16-13(12)10-3-5-11(14)6-4-10/h3-6,9,12-13,15H,7-8H2,1-2H3. The lowest BCUT2D eigenvalue weighted by atomic mass is 10.0. The van der Waals surface area contributed by atoms with E-state index in [1.54, 1.807) is 0 Å². The fourth-order valence-corrected chi connectivity index (χ4v) is 2.30. The van der Waals surface area contributed by atoms with Crippen LogP contribution in [0.3, 0.4) is 0 Å². The van der Waals surface area contributed by atoms with Gasteiger partial charge in [0.15, 0.2) is 0 Å². The number of benzene rings is 1. The van der Waals surface area contributed by atoms with Gasteiger partial charge in [-0.1, -0.05) is 37.6 Å². The lowest BCUT2D eigenvalue weighted by Gasteiger charge is -2.22. The van der Waals surface area contributed by atoms with Gasteiger partial charge in [-0.05, 0) is 24.1 Å². The fourth-order valence-electron chi connectivity index (χ4n) is 2.17. The van der Waals surface area contributed by atoms with Crippen molar-refractivity contribution < 1.29 is 4.74 Å². The van der Waals surface area contributed by atoms with Crippen LogP contribution in [0.15, 0.2) is 24.3 Å². The second kappa shape index (κ2) is 5.17. The van der Waals surface area contributed by atoms with Crippen LogP contribution in [0.25, 0.3) is 0 Å². The minimum Gasteiger partial charge on any atom is -0.372 e. The topological polar surface area (TPSA) is 21.3 Å². The molecule has 0 saturated carbocycles. The molecule has 3 heteroatoms. The molecule has 1 aliphatic rings. The van der Waals surface area contributed by atoms with E-state index in [4.69, 9.17) is 16.3 Å². The fraction of sp³-hybridized carbons (Fsp3) is 0.538. The summed E-state index contributed by atoms with van der Waals surface area (Å²) in [6.07, 6.45) is 1.24. The third-order valence-corrected chi connectivity index (χ3v) is 3.09. The third-order valence-electron chi connectivity index (χ3n) is 2.84. The molecule has 1 aliphatic heterocycles. The second-order valence-corrected chi connectivity index (χ2v) is 5.00. The van der Waals surface area contributed by atoms with Crippen LogP contribution in [0.4, 0.5) is 0 Å². The summed E-state index contributed by atoms with van der Waals surface area (Å²) < 4.78 is 5.79. The molecule has 16 heavy (non-hydrogen) atoms. The van der Waals surface area contributed by atoms with Crippen LogP contribution in [-0.4, -0.2) is 18.7 Å². The molecule has 0 aromatic heterocycles. The first-order valence-corrected chi connectivity index (χ1v) is 6.17. The number of halogens is 1. The molecule has 0 amide bonds. The van der Waals surface area contributed by atoms with E-state index in [0.717, 1.165) is 18.1 Å². The molecule has 2 atom stereocenters. The lowest BCUT2D eigenvalue weighted by molar-refractivity contribution is 0.0972. The Morgan fingerprint density at radius 2 is 2.00 bits per heavy atom. The first kappa shape index (κ1) is 11.9. The molecule has 1 aromatic rings. The zero-order valence-corrected chi connectivity index (χ0v) is 10.5. The van der Waals surface area contributed by atoms with Gasteiger partial charge in [-0.3, -0.25) is 0 Å². The van der Waals surface area contributed by atoms with Crippen molar-refractivity contribution in [1.29, 1.82) is 0 Å². The van der Waals surface area contributed by atoms with Gasteiger partial charge in [-0.2, -0.15) is 0 Å². The monoisotopic (exact) mass is 239 g/mol. The molecular formula is C13H18ClNO. The maximum atomic E-state index is 5.88. The average molecular weight is 240 g/mol. The summed E-state index contributed by atoms with van der Waals surface area (Å²) in [4.78, 5) is 0. The van der Waals surface area contributed by atoms with Crippen molar-refractivity contribution in [3.8, 4) is 0 Å². The second-order valence-electron chi connectivity index (χ2n) is 4.56. The van der Waals surface area contributed by atoms with Gasteiger partial charge < -0.3 is 10.1 Å². The number of nitrogens with one attached hydrogen (secondary N) is 1. The molecule has 0 aliphatic carbocycles. The summed E-state index contributed by atoms with van der Waals surface area (Å²) in [6, 6.07) is 8.85. The Bertz CT molecular complexity index is 336. The first-order valence-electron chi connectivity index (χ1n) is 5.80. The van der Waals surface area contributed by atoms with E-state index in [1.807, 2.05) is 24.3 Å². The summed E-state index contributed by atoms with van der Waals surface area (Å²) in [5.74, 6) is 0. The van der Waals surface area contributed by atoms with Gasteiger partial charge in [0, 0.05) is 23.7 Å². The Balaban J connectivity index is 2.10. The van der Waals surface area contributed by atoms with Crippen LogP contribution in [-0.2, 0) is 4.74 Å². The first-order chi connectivity index (χ1) is 7.66. The number of rotatable bonds is 3. The van der Waals surface area contributed by atoms with Crippen LogP contribution in [0, 0.1) is 0 Å². The van der Waals surface area contributed by atoms with Gasteiger partial charge in [0.05, 0.1) is 6.10 Å². The average Bonchev–Trinajstić information content (AvgIpc) is 2.66. The SMILES string of the molecule is CC(C)NC1CCOC1c1ccc(Cl)cc1. The molecule has 1 heterocycles. The van der Waals surface area contributed by atoms with Crippen molar-refractivity contribution in [3.05, 3.63) is 34.9 Å². The van der Waals surface area contributed by atoms with E-state index < -0.39 is 0 Å². The van der Waals surface area contributed by atoms with Crippen molar-refractivity contribution in [2.24, 2.45) is 0 Å². The van der Waals surface area contributed by atoms with Crippen LogP contribution in [0.5, 0.6) is 0 Å². The molecule has 88 valence electrons. The van der Waals surface area contributed by atoms with Gasteiger partial charge in [0.25, 0.3) is 0 Å². The molecule has 1 N–H and O–H groups in total. The molecule has 2 unspecified atom stereocenters. The van der Waals surface area contributed by atoms with Crippen molar-refractivity contribution >= 4 is 11.6 Å². The van der Waals surface area contributed by atoms with E-state index in [9.17, 15) is 0 Å². The van der Waals surface area contributed by atoms with E-state index in [-0.39, 0.29) is 6.10 Å². The minimum absolute atomic E-state index is 0.166. The number of hydrogen-bond acceptors (Lipinski definition) is 2. The highest BCUT2D eigenvalue weighted by atomic mass is 35.5. The van der Waals surface area contributed by atoms with Gasteiger partial charge >= 0.3 is 0 Å². The Kier molecular flexibility index (Phi) is 3.85. The molecule has 0 bridgehead atoms. The highest BCUT2D eigenvalue weighted by molar-refractivity contribution is 6.30. The Labute approximate surface area is 102 Å². The molecule has 2 nitrogen and oxygen atoms in total. The molecule has 2 rings (SSSR count). The Morgan fingerprint density at radius 1 is 1.31 bits per heavy atom. The number of hydrogen-bond donors (Lipinski definition) is 1. The predicted molar refractivity (Wildman–Crippen MR) is 66.8 cm³/mol. The highest BCUT2D eigenvalue weighted by Crippen LogP contribution is 2.30. The summed E-state index contributed by atoms with van der Waals surface area (Å²) in [5.41, 5.74) is 1.21. The van der Waals surface area contributed by atoms with E-state index in [1.165, 1.54) is 5.56 Å². The Hall–Kier alpha value is -0.570. The van der Waals surface area contributed by atoms with Crippen LogP contribution in [0.1, 0.15) is 31.9 Å². The molecule has 0 spiro atoms. The van der Waals surface area contributed by atoms with Gasteiger partial charge in [-0.25, -0.2) is 0 Å². The van der Waals surface area contributed by atoms with Crippen LogP contribution in [0.2, 0.25) is 5.02 Å². The maximum absolute atomic E-state index is 5.88. The van der Waals surface area contributed by atoms with Crippen molar-refractivity contribution in [1.82, 2.24) is 5.32 Å². The number of ether oxygens (including phenoxy) is 1. The zero-order valence-electron chi connectivity index (χ0n) is 9.74. The zero-order chi connectivity index (χ0) is 11.5. The van der Waals surface area contributed by atoms with E-state index >= 15 is 0 Å². The lowest BCUT2D eigenvalue weighted by Crippen LogP contribution is -2.36. The molecule has 0 radical (unpaired) electrons. The Morgan fingerprint density at radius 3 is 2.62 bits per heavy atom. The molecular weight excluding hydrogens is 222 g/mol. The van der Waals surface area contributed by atoms with Crippen molar-refractivity contribution in [3.63, 3.8) is 0 Å². The van der Waals surface area contributed by atoms with Gasteiger partial charge in [-0.15, -0.1) is 0 Å². The highest BCUT2D eigenvalue weighted by Gasteiger charge is 2.29. The summed E-state index contributed by atoms with van der Waals surface area (Å²) in [7, 11) is 0. The summed E-state index contributed by atoms with van der Waals surface area (Å²) in [5, 5.41) is 4.32. The maximum Gasteiger partial charge on any atom is 0.0978 e. The predicted octanol–water partition coefficient (Wildman–Crippen LogP) is 3.17. The van der Waals surface area contributed by atoms with Crippen LogP contribution >= 0.6 is 11.6 Å². The molecule has 1 aromatic carbocycles. The summed E-state index contributed by atoms with van der Waals surface area (Å²) >= 11 is 5.88. The van der Waals surface area contributed by atoms with Crippen molar-refractivity contribution in [2.75, 3.05) is 6.61 Å². The normalized spacial score (nSPS) is 25.2. The largest absolute Gasteiger partial charge is 0.372 e. The quantitative estimate of drug-likeness (QED) is 0.875. The van der Waals surface area contributed by atoms with E-state index in [0.29, 0.717) is 12.1 Å². The van der Waals surface area contributed by atoms with Crippen molar-refractivity contribution in [2.45, 2.75) is 38.5 Å². The minimum atomic E-state index is 0.166. The smallest absolute Gasteiger partial charge is 0.0978 e. The van der Waals surface area contributed by atoms with Crippen LogP contribution < -0.4 is 5.32 Å². The molecule has 1 fully saturated rings. The molecule has 1 saturated heterocycles. The van der Waals surface area contributed by atoms with Gasteiger partial charge in [0.1, 0.15) is 0 Å². The van der Waals surface area contributed by atoms with E-state index in [2.05, 4.69) is 19.2 Å². The third kappa shape index (κ3) is 2.76. The van der Waals surface area contributed by atoms with Gasteiger partial charge in [0.2, 0.25) is 0 Å².